The van der Waals surface area contributed by atoms with E-state index in [2.05, 4.69) is 10.3 Å². The molecule has 0 radical (unpaired) electrons. The van der Waals surface area contributed by atoms with E-state index in [1.54, 1.807) is 13.4 Å². The fraction of sp³-hybridized carbons (Fsp3) is 0.222. The first-order valence-electron chi connectivity index (χ1n) is 3.70. The largest absolute Gasteiger partial charge is 0.379 e. The predicted molar refractivity (Wildman–Crippen MR) is 53.4 cm³/mol. The molecule has 0 saturated carbocycles. The molecule has 0 aliphatic carbocycles. The van der Waals surface area contributed by atoms with Crippen LogP contribution in [-0.2, 0) is 0 Å². The molecular formula is C9H11ClN2. The van der Waals surface area contributed by atoms with Crippen molar-refractivity contribution in [2.45, 2.75) is 6.92 Å². The summed E-state index contributed by atoms with van der Waals surface area (Å²) >= 11 is 5.92. The van der Waals surface area contributed by atoms with Crippen molar-refractivity contribution in [1.82, 2.24) is 5.32 Å². The van der Waals surface area contributed by atoms with E-state index in [0.29, 0.717) is 5.02 Å². The molecule has 1 aromatic carbocycles. The molecule has 0 spiro atoms. The van der Waals surface area contributed by atoms with Crippen LogP contribution in [0.2, 0.25) is 5.02 Å². The normalized spacial score (nSPS) is 10.6. The molecular weight excluding hydrogens is 172 g/mol. The number of rotatable bonds is 2. The second kappa shape index (κ2) is 4.12. The third-order valence-electron chi connectivity index (χ3n) is 1.51. The summed E-state index contributed by atoms with van der Waals surface area (Å²) in [5, 5.41) is 3.50. The van der Waals surface area contributed by atoms with Crippen LogP contribution in [0.4, 0.5) is 5.69 Å². The minimum atomic E-state index is 0.682. The van der Waals surface area contributed by atoms with Crippen molar-refractivity contribution in [2.24, 2.45) is 4.99 Å². The average Bonchev–Trinajstić information content (AvgIpc) is 2.04. The highest BCUT2D eigenvalue weighted by molar-refractivity contribution is 6.33. The third kappa shape index (κ3) is 1.98. The Labute approximate surface area is 77.3 Å². The van der Waals surface area contributed by atoms with Crippen LogP contribution in [0, 0.1) is 6.92 Å². The Morgan fingerprint density at radius 3 is 2.83 bits per heavy atom. The van der Waals surface area contributed by atoms with Crippen molar-refractivity contribution in [3.8, 4) is 0 Å². The number of benzene rings is 1. The van der Waals surface area contributed by atoms with Crippen LogP contribution < -0.4 is 5.32 Å². The highest BCUT2D eigenvalue weighted by Crippen LogP contribution is 2.27. The summed E-state index contributed by atoms with van der Waals surface area (Å²) in [5.74, 6) is 0. The molecule has 0 saturated heterocycles. The molecule has 0 aromatic heterocycles. The maximum absolute atomic E-state index is 5.92. The monoisotopic (exact) mass is 182 g/mol. The van der Waals surface area contributed by atoms with E-state index in [1.807, 2.05) is 25.1 Å². The van der Waals surface area contributed by atoms with Gasteiger partial charge in [0.15, 0.2) is 0 Å². The first kappa shape index (κ1) is 9.07. The molecule has 0 atom stereocenters. The van der Waals surface area contributed by atoms with E-state index in [4.69, 9.17) is 11.6 Å². The maximum atomic E-state index is 5.92. The van der Waals surface area contributed by atoms with Gasteiger partial charge >= 0.3 is 0 Å². The lowest BCUT2D eigenvalue weighted by Gasteiger charge is -2.00. The number of nitrogens with zero attached hydrogens (tertiary/aromatic N) is 1. The zero-order chi connectivity index (χ0) is 8.97. The molecule has 0 bridgehead atoms. The molecule has 1 aromatic rings. The fourth-order valence-electron chi connectivity index (χ4n) is 0.916. The Morgan fingerprint density at radius 1 is 1.50 bits per heavy atom. The summed E-state index contributed by atoms with van der Waals surface area (Å²) < 4.78 is 0. The molecule has 0 fully saturated rings. The van der Waals surface area contributed by atoms with Gasteiger partial charge in [0, 0.05) is 7.05 Å². The van der Waals surface area contributed by atoms with Gasteiger partial charge in [-0.25, -0.2) is 4.99 Å². The van der Waals surface area contributed by atoms with Crippen molar-refractivity contribution in [2.75, 3.05) is 7.05 Å². The lowest BCUT2D eigenvalue weighted by molar-refractivity contribution is 1.20. The van der Waals surface area contributed by atoms with Gasteiger partial charge in [-0.2, -0.15) is 0 Å². The van der Waals surface area contributed by atoms with Gasteiger partial charge in [-0.1, -0.05) is 23.7 Å². The molecule has 12 heavy (non-hydrogen) atoms. The Balaban J connectivity index is 3.04. The van der Waals surface area contributed by atoms with Crippen molar-refractivity contribution in [3.63, 3.8) is 0 Å². The molecule has 2 nitrogen and oxygen atoms in total. The molecule has 1 rings (SSSR count). The smallest absolute Gasteiger partial charge is 0.0884 e. The molecule has 3 heteroatoms. The summed E-state index contributed by atoms with van der Waals surface area (Å²) in [6, 6.07) is 5.72. The van der Waals surface area contributed by atoms with Gasteiger partial charge in [-0.05, 0) is 18.6 Å². The highest BCUT2D eigenvalue weighted by Gasteiger charge is 1.99. The molecule has 64 valence electrons. The number of aliphatic imine (C=N–C) groups is 1. The lowest BCUT2D eigenvalue weighted by Crippen LogP contribution is -1.99. The minimum absolute atomic E-state index is 0.682. The highest BCUT2D eigenvalue weighted by atomic mass is 35.5. The Morgan fingerprint density at radius 2 is 2.25 bits per heavy atom. The Hall–Kier alpha value is -1.02. The standard InChI is InChI=1S/C9H11ClN2/c1-7-4-3-5-8(10)9(7)12-6-11-2/h3-6H,1-2H3,(H,11,12). The van der Waals surface area contributed by atoms with E-state index in [-0.39, 0.29) is 0 Å². The van der Waals surface area contributed by atoms with Crippen molar-refractivity contribution >= 4 is 23.6 Å². The molecule has 0 aliphatic heterocycles. The zero-order valence-electron chi connectivity index (χ0n) is 7.13. The molecule has 1 N–H and O–H groups in total. The number of halogens is 1. The molecule has 0 unspecified atom stereocenters. The molecule has 0 amide bonds. The Bertz CT molecular complexity index is 274. The van der Waals surface area contributed by atoms with Gasteiger partial charge in [0.1, 0.15) is 0 Å². The zero-order valence-corrected chi connectivity index (χ0v) is 7.89. The van der Waals surface area contributed by atoms with Gasteiger partial charge in [-0.15, -0.1) is 0 Å². The van der Waals surface area contributed by atoms with Crippen LogP contribution in [0.3, 0.4) is 0 Å². The van der Waals surface area contributed by atoms with Crippen LogP contribution in [0.5, 0.6) is 0 Å². The van der Waals surface area contributed by atoms with Gasteiger partial charge in [0.05, 0.1) is 17.0 Å². The Kier molecular flexibility index (Phi) is 3.11. The summed E-state index contributed by atoms with van der Waals surface area (Å²) in [6.45, 7) is 1.98. The molecule has 0 aliphatic rings. The minimum Gasteiger partial charge on any atom is -0.379 e. The van der Waals surface area contributed by atoms with Crippen LogP contribution >= 0.6 is 11.6 Å². The van der Waals surface area contributed by atoms with Crippen LogP contribution in [0.1, 0.15) is 5.56 Å². The second-order valence-corrected chi connectivity index (χ2v) is 2.86. The van der Waals surface area contributed by atoms with Crippen molar-refractivity contribution in [3.05, 3.63) is 28.8 Å². The van der Waals surface area contributed by atoms with E-state index >= 15 is 0 Å². The summed E-state index contributed by atoms with van der Waals surface area (Å²) in [5.41, 5.74) is 1.91. The van der Waals surface area contributed by atoms with Crippen LogP contribution in [-0.4, -0.2) is 13.4 Å². The van der Waals surface area contributed by atoms with Gasteiger partial charge < -0.3 is 5.32 Å². The van der Waals surface area contributed by atoms with E-state index in [9.17, 15) is 0 Å². The number of aryl methyl sites for hydroxylation is 1. The SMILES string of the molecule is CNC=Nc1c(C)cccc1Cl. The van der Waals surface area contributed by atoms with Crippen molar-refractivity contribution in [1.29, 1.82) is 0 Å². The summed E-state index contributed by atoms with van der Waals surface area (Å²) in [6.07, 6.45) is 1.62. The first-order valence-corrected chi connectivity index (χ1v) is 4.08. The van der Waals surface area contributed by atoms with Crippen LogP contribution in [0.25, 0.3) is 0 Å². The molecule has 0 heterocycles. The number of para-hydroxylation sites is 1. The second-order valence-electron chi connectivity index (χ2n) is 2.45. The summed E-state index contributed by atoms with van der Waals surface area (Å²) in [7, 11) is 1.80. The van der Waals surface area contributed by atoms with Crippen LogP contribution in [0.15, 0.2) is 23.2 Å². The topological polar surface area (TPSA) is 24.4 Å². The van der Waals surface area contributed by atoms with Gasteiger partial charge in [0.25, 0.3) is 0 Å². The number of hydrogen-bond acceptors (Lipinski definition) is 1. The summed E-state index contributed by atoms with van der Waals surface area (Å²) in [4.78, 5) is 4.16. The van der Waals surface area contributed by atoms with Crippen molar-refractivity contribution < 1.29 is 0 Å². The third-order valence-corrected chi connectivity index (χ3v) is 1.82. The van der Waals surface area contributed by atoms with E-state index in [1.165, 1.54) is 0 Å². The predicted octanol–water partition coefficient (Wildman–Crippen LogP) is 2.53. The lowest BCUT2D eigenvalue weighted by atomic mass is 10.2. The maximum Gasteiger partial charge on any atom is 0.0884 e. The number of hydrogen-bond donors (Lipinski definition) is 1. The first-order chi connectivity index (χ1) is 5.75. The van der Waals surface area contributed by atoms with E-state index < -0.39 is 0 Å². The number of nitrogens with one attached hydrogen (secondary N) is 1. The van der Waals surface area contributed by atoms with E-state index in [0.717, 1.165) is 11.3 Å². The quantitative estimate of drug-likeness (QED) is 0.552. The fourth-order valence-corrected chi connectivity index (χ4v) is 1.19. The van der Waals surface area contributed by atoms with Gasteiger partial charge in [-0.3, -0.25) is 0 Å². The van der Waals surface area contributed by atoms with Gasteiger partial charge in [0.2, 0.25) is 0 Å². The average molecular weight is 183 g/mol.